The van der Waals surface area contributed by atoms with Gasteiger partial charge >= 0.3 is 5.97 Å². The predicted octanol–water partition coefficient (Wildman–Crippen LogP) is 1.30. The number of rotatable bonds is 8. The molecule has 1 aliphatic heterocycles. The molecule has 1 aliphatic rings. The molecule has 1 aromatic rings. The van der Waals surface area contributed by atoms with E-state index in [9.17, 15) is 28.7 Å². The summed E-state index contributed by atoms with van der Waals surface area (Å²) in [5.74, 6) is -3.49. The largest absolute Gasteiger partial charge is 0.480 e. The summed E-state index contributed by atoms with van der Waals surface area (Å²) in [5, 5.41) is 14.2. The lowest BCUT2D eigenvalue weighted by atomic mass is 10.0. The molecule has 1 heterocycles. The molecule has 0 saturated carbocycles. The molecular weight excluding hydrogens is 381 g/mol. The van der Waals surface area contributed by atoms with Crippen LogP contribution in [0.5, 0.6) is 0 Å². The number of carboxylic acid groups (broad SMARTS) is 1. The van der Waals surface area contributed by atoms with Gasteiger partial charge in [0.05, 0.1) is 5.92 Å². The van der Waals surface area contributed by atoms with Gasteiger partial charge in [-0.25, -0.2) is 9.18 Å². The molecule has 0 radical (unpaired) electrons. The van der Waals surface area contributed by atoms with Crippen molar-refractivity contribution in [2.75, 3.05) is 11.4 Å². The maximum Gasteiger partial charge on any atom is 0.326 e. The fourth-order valence-electron chi connectivity index (χ4n) is 3.14. The van der Waals surface area contributed by atoms with Gasteiger partial charge in [0, 0.05) is 18.7 Å². The fourth-order valence-corrected chi connectivity index (χ4v) is 3.14. The van der Waals surface area contributed by atoms with Crippen molar-refractivity contribution in [1.29, 1.82) is 0 Å². The van der Waals surface area contributed by atoms with Crippen LogP contribution in [0.3, 0.4) is 0 Å². The van der Waals surface area contributed by atoms with E-state index in [4.69, 9.17) is 0 Å². The lowest BCUT2D eigenvalue weighted by molar-refractivity contribution is -0.142. The lowest BCUT2D eigenvalue weighted by Gasteiger charge is -2.21. The molecule has 158 valence electrons. The summed E-state index contributed by atoms with van der Waals surface area (Å²) < 4.78 is 13.1. The maximum atomic E-state index is 13.1. The van der Waals surface area contributed by atoms with Gasteiger partial charge < -0.3 is 20.6 Å². The highest BCUT2D eigenvalue weighted by molar-refractivity contribution is 6.01. The van der Waals surface area contributed by atoms with Crippen LogP contribution in [0.15, 0.2) is 24.3 Å². The third-order valence-electron chi connectivity index (χ3n) is 4.71. The number of halogens is 1. The third kappa shape index (κ3) is 6.00. The second-order valence-corrected chi connectivity index (χ2v) is 7.64. The minimum Gasteiger partial charge on any atom is -0.480 e. The first-order valence-corrected chi connectivity index (χ1v) is 9.48. The van der Waals surface area contributed by atoms with E-state index in [1.807, 2.05) is 13.8 Å². The number of anilines is 1. The molecule has 3 atom stereocenters. The summed E-state index contributed by atoms with van der Waals surface area (Å²) in [6, 6.07) is 3.40. The number of amides is 3. The number of carboxylic acids is 1. The molecule has 0 bridgehead atoms. The van der Waals surface area contributed by atoms with Gasteiger partial charge in [0.15, 0.2) is 0 Å². The highest BCUT2D eigenvalue weighted by Gasteiger charge is 2.36. The number of nitrogens with one attached hydrogen (secondary N) is 2. The van der Waals surface area contributed by atoms with Crippen LogP contribution in [0.25, 0.3) is 0 Å². The molecule has 1 aromatic carbocycles. The Morgan fingerprint density at radius 1 is 1.17 bits per heavy atom. The quantitative estimate of drug-likeness (QED) is 0.601. The molecule has 9 heteroatoms. The van der Waals surface area contributed by atoms with E-state index in [0.29, 0.717) is 5.69 Å². The van der Waals surface area contributed by atoms with Gasteiger partial charge in [-0.1, -0.05) is 13.8 Å². The Morgan fingerprint density at radius 2 is 1.79 bits per heavy atom. The summed E-state index contributed by atoms with van der Waals surface area (Å²) in [7, 11) is 0. The van der Waals surface area contributed by atoms with Crippen molar-refractivity contribution in [2.24, 2.45) is 11.8 Å². The summed E-state index contributed by atoms with van der Waals surface area (Å²) in [5.41, 5.74) is 0.496. The molecule has 1 fully saturated rings. The van der Waals surface area contributed by atoms with Gasteiger partial charge in [-0.05, 0) is 43.5 Å². The van der Waals surface area contributed by atoms with Crippen molar-refractivity contribution >= 4 is 29.4 Å². The van der Waals surface area contributed by atoms with Crippen LogP contribution in [0, 0.1) is 17.7 Å². The molecule has 0 aliphatic carbocycles. The van der Waals surface area contributed by atoms with Crippen LogP contribution in [0.2, 0.25) is 0 Å². The van der Waals surface area contributed by atoms with Crippen LogP contribution >= 0.6 is 0 Å². The van der Waals surface area contributed by atoms with Crippen molar-refractivity contribution in [2.45, 2.75) is 45.7 Å². The van der Waals surface area contributed by atoms with Crippen molar-refractivity contribution in [3.8, 4) is 0 Å². The number of carbonyl (C=O) groups is 4. The van der Waals surface area contributed by atoms with Crippen LogP contribution in [0.1, 0.15) is 33.6 Å². The molecule has 1 saturated heterocycles. The SMILES string of the molecule is CC(C)C[C@H](NC(=O)[C@H](C)NC(=O)[C@@H]1CC(=O)N(c2ccc(F)cc2)C1)C(=O)O. The van der Waals surface area contributed by atoms with Crippen LogP contribution in [0.4, 0.5) is 10.1 Å². The highest BCUT2D eigenvalue weighted by atomic mass is 19.1. The average molecular weight is 407 g/mol. The zero-order chi connectivity index (χ0) is 21.7. The molecule has 2 rings (SSSR count). The summed E-state index contributed by atoms with van der Waals surface area (Å²) in [6.45, 7) is 5.26. The molecule has 29 heavy (non-hydrogen) atoms. The van der Waals surface area contributed by atoms with Crippen LogP contribution in [-0.4, -0.2) is 47.4 Å². The molecule has 0 aromatic heterocycles. The monoisotopic (exact) mass is 407 g/mol. The highest BCUT2D eigenvalue weighted by Crippen LogP contribution is 2.25. The first kappa shape index (κ1) is 22.3. The van der Waals surface area contributed by atoms with Crippen LogP contribution < -0.4 is 15.5 Å². The second kappa shape index (κ2) is 9.49. The Hall–Kier alpha value is -2.97. The summed E-state index contributed by atoms with van der Waals surface area (Å²) in [4.78, 5) is 49.7. The standard InChI is InChI=1S/C20H26FN3O5/c1-11(2)8-16(20(28)29)23-18(26)12(3)22-19(27)13-9-17(25)24(10-13)15-6-4-14(21)5-7-15/h4-7,11-13,16H,8-10H2,1-3H3,(H,22,27)(H,23,26)(H,28,29)/t12-,13+,16-/m0/s1. The number of carbonyl (C=O) groups excluding carboxylic acids is 3. The molecule has 3 N–H and O–H groups in total. The molecule has 8 nitrogen and oxygen atoms in total. The Morgan fingerprint density at radius 3 is 2.34 bits per heavy atom. The number of benzene rings is 1. The van der Waals surface area contributed by atoms with Crippen molar-refractivity contribution in [3.63, 3.8) is 0 Å². The fraction of sp³-hybridized carbons (Fsp3) is 0.500. The minimum atomic E-state index is -1.14. The molecule has 0 unspecified atom stereocenters. The van der Waals surface area contributed by atoms with E-state index in [1.54, 1.807) is 0 Å². The maximum absolute atomic E-state index is 13.1. The van der Waals surface area contributed by atoms with E-state index in [0.717, 1.165) is 0 Å². The van der Waals surface area contributed by atoms with Gasteiger partial charge in [-0.3, -0.25) is 14.4 Å². The van der Waals surface area contributed by atoms with Crippen LogP contribution in [-0.2, 0) is 19.2 Å². The Balaban J connectivity index is 1.93. The average Bonchev–Trinajstić information content (AvgIpc) is 3.03. The second-order valence-electron chi connectivity index (χ2n) is 7.64. The zero-order valence-electron chi connectivity index (χ0n) is 16.6. The summed E-state index contributed by atoms with van der Waals surface area (Å²) in [6.07, 6.45) is 0.244. The summed E-state index contributed by atoms with van der Waals surface area (Å²) >= 11 is 0. The lowest BCUT2D eigenvalue weighted by Crippen LogP contribution is -2.51. The van der Waals surface area contributed by atoms with E-state index in [1.165, 1.54) is 36.1 Å². The van der Waals surface area contributed by atoms with E-state index < -0.39 is 41.6 Å². The number of nitrogens with zero attached hydrogens (tertiary/aromatic N) is 1. The van der Waals surface area contributed by atoms with Crippen molar-refractivity contribution in [3.05, 3.63) is 30.1 Å². The van der Waals surface area contributed by atoms with Gasteiger partial charge in [0.1, 0.15) is 17.9 Å². The predicted molar refractivity (Wildman–Crippen MR) is 103 cm³/mol. The first-order valence-electron chi connectivity index (χ1n) is 9.48. The Labute approximate surface area is 168 Å². The van der Waals surface area contributed by atoms with Crippen molar-refractivity contribution < 1.29 is 28.7 Å². The number of hydrogen-bond donors (Lipinski definition) is 3. The third-order valence-corrected chi connectivity index (χ3v) is 4.71. The first-order chi connectivity index (χ1) is 13.6. The van der Waals surface area contributed by atoms with E-state index >= 15 is 0 Å². The smallest absolute Gasteiger partial charge is 0.326 e. The van der Waals surface area contributed by atoms with Gasteiger partial charge in [0.25, 0.3) is 0 Å². The van der Waals surface area contributed by atoms with Gasteiger partial charge in [-0.2, -0.15) is 0 Å². The topological polar surface area (TPSA) is 116 Å². The van der Waals surface area contributed by atoms with Gasteiger partial charge in [0.2, 0.25) is 17.7 Å². The number of aliphatic carboxylic acids is 1. The van der Waals surface area contributed by atoms with E-state index in [-0.39, 0.29) is 31.2 Å². The molecule has 0 spiro atoms. The minimum absolute atomic E-state index is 0.0251. The Bertz CT molecular complexity index is 781. The van der Waals surface area contributed by atoms with E-state index in [2.05, 4.69) is 10.6 Å². The zero-order valence-corrected chi connectivity index (χ0v) is 16.6. The molecule has 3 amide bonds. The normalized spacial score (nSPS) is 18.4. The molecular formula is C20H26FN3O5. The Kier molecular flexibility index (Phi) is 7.30. The van der Waals surface area contributed by atoms with Crippen molar-refractivity contribution in [1.82, 2.24) is 10.6 Å². The van der Waals surface area contributed by atoms with Gasteiger partial charge in [-0.15, -0.1) is 0 Å². The number of hydrogen-bond acceptors (Lipinski definition) is 4.